The van der Waals surface area contributed by atoms with Gasteiger partial charge in [-0.2, -0.15) is 0 Å². The molecule has 0 radical (unpaired) electrons. The smallest absolute Gasteiger partial charge is 0.408 e. The van der Waals surface area contributed by atoms with Crippen LogP contribution in [-0.2, 0) is 25.5 Å². The lowest BCUT2D eigenvalue weighted by atomic mass is 10.0. The quantitative estimate of drug-likeness (QED) is 0.212. The monoisotopic (exact) mass is 743 g/mol. The predicted molar refractivity (Wildman–Crippen MR) is 207 cm³/mol. The molecule has 1 saturated carbocycles. The Morgan fingerprint density at radius 2 is 1.85 bits per heavy atom. The molecule has 3 amide bonds. The molecule has 2 aliphatic heterocycles. The van der Waals surface area contributed by atoms with Gasteiger partial charge in [-0.3, -0.25) is 9.59 Å². The van der Waals surface area contributed by atoms with Crippen molar-refractivity contribution in [3.63, 3.8) is 0 Å². The summed E-state index contributed by atoms with van der Waals surface area (Å²) >= 11 is 0. The molecule has 13 nitrogen and oxygen atoms in total. The Kier molecular flexibility index (Phi) is 11.2. The third-order valence-corrected chi connectivity index (χ3v) is 10.3. The Labute approximate surface area is 317 Å². The molecule has 290 valence electrons. The van der Waals surface area contributed by atoms with Gasteiger partial charge in [0.1, 0.15) is 40.8 Å². The number of carboxylic acids is 1. The molecule has 2 fully saturated rings. The van der Waals surface area contributed by atoms with Crippen molar-refractivity contribution >= 4 is 40.5 Å². The van der Waals surface area contributed by atoms with E-state index in [0.29, 0.717) is 28.1 Å². The number of likely N-dealkylation sites (N-methyl/N-ethyl adjacent to an activating group) is 1. The van der Waals surface area contributed by atoms with Crippen molar-refractivity contribution in [3.8, 4) is 22.8 Å². The highest BCUT2D eigenvalue weighted by molar-refractivity contribution is 5.96. The lowest BCUT2D eigenvalue weighted by Crippen LogP contribution is -2.57. The summed E-state index contributed by atoms with van der Waals surface area (Å²) < 4.78 is 17.7. The normalized spacial score (nSPS) is 22.2. The van der Waals surface area contributed by atoms with E-state index in [1.54, 1.807) is 41.7 Å². The van der Waals surface area contributed by atoms with Gasteiger partial charge in [-0.1, -0.05) is 33.4 Å². The van der Waals surface area contributed by atoms with E-state index < -0.39 is 59.1 Å². The molecule has 3 aromatic rings. The van der Waals surface area contributed by atoms with Crippen molar-refractivity contribution in [1.82, 2.24) is 20.5 Å². The fourth-order valence-corrected chi connectivity index (χ4v) is 7.27. The number of fused-ring (bicyclic) bond motifs is 2. The van der Waals surface area contributed by atoms with Crippen LogP contribution in [0.2, 0.25) is 0 Å². The summed E-state index contributed by atoms with van der Waals surface area (Å²) in [5, 5.41) is 16.2. The van der Waals surface area contributed by atoms with Crippen molar-refractivity contribution in [2.24, 2.45) is 11.8 Å². The molecular formula is C41H53N5O8. The lowest BCUT2D eigenvalue weighted by Gasteiger charge is -2.31. The van der Waals surface area contributed by atoms with E-state index in [1.807, 2.05) is 30.3 Å². The molecule has 0 bridgehead atoms. The molecule has 0 spiro atoms. The molecule has 6 rings (SSSR count). The average Bonchev–Trinajstić information content (AvgIpc) is 3.46. The number of carboxylic acid groups (broad SMARTS) is 1. The predicted octanol–water partition coefficient (Wildman–Crippen LogP) is 5.58. The van der Waals surface area contributed by atoms with Crippen molar-refractivity contribution in [1.29, 1.82) is 0 Å². The van der Waals surface area contributed by atoms with E-state index in [0.717, 1.165) is 18.5 Å². The summed E-state index contributed by atoms with van der Waals surface area (Å²) in [6.45, 7) is 13.4. The first-order chi connectivity index (χ1) is 25.0. The van der Waals surface area contributed by atoms with Gasteiger partial charge in [-0.15, -0.1) is 6.58 Å². The molecule has 54 heavy (non-hydrogen) atoms. The summed E-state index contributed by atoms with van der Waals surface area (Å²) in [5.41, 5.74) is 2.36. The molecule has 2 aromatic carbocycles. The number of alkyl carbamates (subject to hydrolysis) is 1. The maximum atomic E-state index is 14.3. The highest BCUT2D eigenvalue weighted by Gasteiger charge is 2.61. The Morgan fingerprint density at radius 1 is 1.11 bits per heavy atom. The Bertz CT molecular complexity index is 1960. The molecule has 3 heterocycles. The van der Waals surface area contributed by atoms with Crippen LogP contribution in [0.3, 0.4) is 0 Å². The number of nitrogens with zero attached hydrogens (tertiary/aromatic N) is 3. The minimum Gasteiger partial charge on any atom is -0.497 e. The zero-order chi connectivity index (χ0) is 38.4. The van der Waals surface area contributed by atoms with Gasteiger partial charge < -0.3 is 39.8 Å². The second-order valence-electron chi connectivity index (χ2n) is 15.6. The van der Waals surface area contributed by atoms with Crippen molar-refractivity contribution in [3.05, 3.63) is 60.7 Å². The summed E-state index contributed by atoms with van der Waals surface area (Å²) in [7, 11) is 3.66. The first kappa shape index (κ1) is 39.9. The maximum absolute atomic E-state index is 14.3. The molecular weight excluding hydrogens is 690 g/mol. The van der Waals surface area contributed by atoms with Crippen LogP contribution in [-0.4, -0.2) is 95.4 Å². The van der Waals surface area contributed by atoms with Crippen LogP contribution in [0.5, 0.6) is 11.5 Å². The second kappa shape index (κ2) is 15.2. The van der Waals surface area contributed by atoms with Crippen LogP contribution in [0.1, 0.15) is 60.5 Å². The lowest BCUT2D eigenvalue weighted by molar-refractivity contribution is -0.146. The van der Waals surface area contributed by atoms with E-state index in [9.17, 15) is 24.3 Å². The summed E-state index contributed by atoms with van der Waals surface area (Å²) in [4.78, 5) is 62.1. The number of carbonyl (C=O) groups is 4. The van der Waals surface area contributed by atoms with Crippen molar-refractivity contribution in [2.75, 3.05) is 32.1 Å². The number of hydrogen-bond acceptors (Lipinski definition) is 9. The standard InChI is InChI=1S/C40H49N5O8.CH4/c1-9-25-20-40(25,37(48)49)43-35(46)32-18-27(21-45(32)36(47)34(22(2)3)42-38(50)53-39(4,5)6)52-33-19-29(41-30-17-26(51-8)11-12-28(30)33)23-10-13-31-24(16-23)14-15-44(31)7;/h9-13,16-17,19,22,25,27,32,34H,1,14-15,18,20-21H2,2-8H3,(H,42,50)(H,43,46)(H,48,49);1H4/t25-,27-,32+,34?,40-;/m1./s1. The highest BCUT2D eigenvalue weighted by Crippen LogP contribution is 2.45. The number of carbonyl (C=O) groups excluding carboxylic acids is 3. The van der Waals surface area contributed by atoms with Gasteiger partial charge in [0.15, 0.2) is 0 Å². The van der Waals surface area contributed by atoms with E-state index in [-0.39, 0.29) is 32.7 Å². The largest absolute Gasteiger partial charge is 0.497 e. The second-order valence-corrected chi connectivity index (χ2v) is 15.6. The van der Waals surface area contributed by atoms with Crippen LogP contribution in [0.4, 0.5) is 10.5 Å². The zero-order valence-electron chi connectivity index (χ0n) is 31.4. The highest BCUT2D eigenvalue weighted by atomic mass is 16.6. The topological polar surface area (TPSA) is 160 Å². The fourth-order valence-electron chi connectivity index (χ4n) is 7.27. The van der Waals surface area contributed by atoms with Gasteiger partial charge in [0.05, 0.1) is 24.9 Å². The van der Waals surface area contributed by atoms with Gasteiger partial charge in [-0.25, -0.2) is 14.6 Å². The van der Waals surface area contributed by atoms with E-state index >= 15 is 0 Å². The van der Waals surface area contributed by atoms with Crippen molar-refractivity contribution in [2.45, 2.75) is 90.6 Å². The average molecular weight is 744 g/mol. The number of likely N-dealkylation sites (tertiary alicyclic amines) is 1. The first-order valence-electron chi connectivity index (χ1n) is 18.0. The number of nitrogens with one attached hydrogen (secondary N) is 2. The molecule has 1 aliphatic carbocycles. The SMILES string of the molecule is C.C=C[C@@H]1C[C@]1(NC(=O)[C@@H]1C[C@@H](Oc2cc(-c3ccc4c(c3)CCN4C)nc3cc(OC)ccc23)CN1C(=O)C(NC(=O)OC(C)(C)C)C(C)C)C(=O)O. The Balaban J connectivity index is 0.00000561. The molecule has 1 unspecified atom stereocenters. The van der Waals surface area contributed by atoms with Gasteiger partial charge in [-0.05, 0) is 69.4 Å². The molecule has 1 saturated heterocycles. The van der Waals surface area contributed by atoms with Crippen LogP contribution in [0, 0.1) is 11.8 Å². The number of hydrogen-bond donors (Lipinski definition) is 3. The molecule has 1 aromatic heterocycles. The number of aromatic nitrogens is 1. The van der Waals surface area contributed by atoms with E-state index in [2.05, 4.69) is 41.3 Å². The minimum atomic E-state index is -1.50. The summed E-state index contributed by atoms with van der Waals surface area (Å²) in [6, 6.07) is 11.5. The number of amides is 3. The number of anilines is 1. The van der Waals surface area contributed by atoms with Crippen LogP contribution >= 0.6 is 0 Å². The van der Waals surface area contributed by atoms with Crippen LogP contribution < -0.4 is 25.0 Å². The number of methoxy groups -OCH3 is 1. The van der Waals surface area contributed by atoms with Gasteiger partial charge in [0.25, 0.3) is 0 Å². The zero-order valence-corrected chi connectivity index (χ0v) is 31.4. The number of pyridine rings is 1. The number of rotatable bonds is 11. The van der Waals surface area contributed by atoms with Crippen molar-refractivity contribution < 1.29 is 38.5 Å². The third kappa shape index (κ3) is 7.95. The molecule has 5 atom stereocenters. The third-order valence-electron chi connectivity index (χ3n) is 10.3. The first-order valence-corrected chi connectivity index (χ1v) is 18.0. The Morgan fingerprint density at radius 3 is 2.48 bits per heavy atom. The number of benzene rings is 2. The Hall–Kier alpha value is -5.33. The van der Waals surface area contributed by atoms with Crippen LogP contribution in [0.15, 0.2) is 55.1 Å². The van der Waals surface area contributed by atoms with Crippen LogP contribution in [0.25, 0.3) is 22.2 Å². The van der Waals surface area contributed by atoms with Gasteiger partial charge in [0.2, 0.25) is 11.8 Å². The van der Waals surface area contributed by atoms with E-state index in [4.69, 9.17) is 19.2 Å². The molecule has 3 aliphatic rings. The molecule has 3 N–H and O–H groups in total. The number of aliphatic carboxylic acids is 1. The van der Waals surface area contributed by atoms with E-state index in [1.165, 1.54) is 22.2 Å². The summed E-state index contributed by atoms with van der Waals surface area (Å²) in [6.07, 6.45) is 1.27. The summed E-state index contributed by atoms with van der Waals surface area (Å²) in [5.74, 6) is -1.99. The fraction of sp³-hybridized carbons (Fsp3) is 0.488. The van der Waals surface area contributed by atoms with Gasteiger partial charge in [0, 0.05) is 54.7 Å². The molecule has 13 heteroatoms. The van der Waals surface area contributed by atoms with Gasteiger partial charge >= 0.3 is 12.1 Å². The maximum Gasteiger partial charge on any atom is 0.408 e. The number of ether oxygens (including phenoxy) is 3. The minimum absolute atomic E-state index is 0.